The standard InChI is InChI=1S/C37H35N5O6/c1-46-32-13-10-26-18-30(32)25-5-4-6-29(17-25)47-23-35(43)38-20-24-8-11-28(12-9-24)48-33-14-16-41(22-31(33)40-37(26)45)21-27-19-36(44)42-15-3-2-7-34(42)39-27/h2-13,15,17-19,31,33H,14,16,20-23H2,1H3,(H,38,43)(H,40,45)/t31-,33-/m1/s1. The summed E-state index contributed by atoms with van der Waals surface area (Å²) in [6.07, 6.45) is 2.02. The maximum atomic E-state index is 13.9. The van der Waals surface area contributed by atoms with Gasteiger partial charge in [-0.2, -0.15) is 0 Å². The van der Waals surface area contributed by atoms with Crippen LogP contribution in [0.2, 0.25) is 0 Å². The first-order valence-corrected chi connectivity index (χ1v) is 15.9. The Labute approximate surface area is 277 Å². The monoisotopic (exact) mass is 645 g/mol. The first-order chi connectivity index (χ1) is 23.4. The van der Waals surface area contributed by atoms with Crippen molar-refractivity contribution in [3.63, 3.8) is 0 Å². The maximum absolute atomic E-state index is 13.9. The predicted octanol–water partition coefficient (Wildman–Crippen LogP) is 3.83. The van der Waals surface area contributed by atoms with Gasteiger partial charge in [-0.05, 0) is 72.1 Å². The molecule has 1 saturated heterocycles. The molecular formula is C37H35N5O6. The SMILES string of the molecule is COc1ccc2cc1-c1cccc(c1)OCC(=O)NCc1ccc(cc1)O[C@@H]1CCN(Cc3cc(=O)n4ccccc4n3)C[C@H]1NC2=O. The largest absolute Gasteiger partial charge is 0.496 e. The number of nitrogens with one attached hydrogen (secondary N) is 2. The van der Waals surface area contributed by atoms with Crippen LogP contribution >= 0.6 is 0 Å². The number of benzene rings is 3. The smallest absolute Gasteiger partial charge is 0.258 e. The van der Waals surface area contributed by atoms with E-state index in [1.54, 1.807) is 49.7 Å². The molecule has 0 radical (unpaired) electrons. The van der Waals surface area contributed by atoms with Gasteiger partial charge in [0.25, 0.3) is 17.4 Å². The number of aromatic nitrogens is 2. The average Bonchev–Trinajstić information content (AvgIpc) is 3.11. The Morgan fingerprint density at radius 2 is 1.79 bits per heavy atom. The van der Waals surface area contributed by atoms with E-state index in [-0.39, 0.29) is 36.1 Å². The molecule has 2 amide bonds. The molecule has 3 aliphatic rings. The molecule has 244 valence electrons. The number of amides is 2. The molecule has 3 aromatic carbocycles. The number of likely N-dealkylation sites (tertiary alicyclic amines) is 1. The Hall–Kier alpha value is -5.68. The van der Waals surface area contributed by atoms with E-state index in [0.717, 1.165) is 11.1 Å². The van der Waals surface area contributed by atoms with Crippen molar-refractivity contribution >= 4 is 17.5 Å². The topological polar surface area (TPSA) is 124 Å². The summed E-state index contributed by atoms with van der Waals surface area (Å²) in [7, 11) is 1.58. The lowest BCUT2D eigenvalue weighted by Crippen LogP contribution is -2.56. The first-order valence-electron chi connectivity index (χ1n) is 15.9. The minimum absolute atomic E-state index is 0.139. The van der Waals surface area contributed by atoms with Gasteiger partial charge < -0.3 is 24.8 Å². The zero-order valence-electron chi connectivity index (χ0n) is 26.4. The van der Waals surface area contributed by atoms with E-state index in [1.807, 2.05) is 54.6 Å². The van der Waals surface area contributed by atoms with Gasteiger partial charge in [0.05, 0.1) is 18.8 Å². The number of rotatable bonds is 3. The summed E-state index contributed by atoms with van der Waals surface area (Å²) in [5.41, 5.74) is 3.96. The minimum Gasteiger partial charge on any atom is -0.496 e. The van der Waals surface area contributed by atoms with Crippen molar-refractivity contribution in [1.82, 2.24) is 24.9 Å². The van der Waals surface area contributed by atoms with Crippen molar-refractivity contribution in [2.24, 2.45) is 0 Å². The van der Waals surface area contributed by atoms with Crippen molar-refractivity contribution in [3.8, 4) is 28.4 Å². The minimum atomic E-state index is -0.375. The molecule has 2 N–H and O–H groups in total. The molecule has 0 spiro atoms. The van der Waals surface area contributed by atoms with Crippen LogP contribution in [0.1, 0.15) is 28.0 Å². The summed E-state index contributed by atoms with van der Waals surface area (Å²) in [6, 6.07) is 26.8. The van der Waals surface area contributed by atoms with Crippen LogP contribution in [0.5, 0.6) is 17.2 Å². The number of pyridine rings is 1. The molecule has 2 atom stereocenters. The zero-order valence-corrected chi connectivity index (χ0v) is 26.4. The van der Waals surface area contributed by atoms with Gasteiger partial charge in [-0.3, -0.25) is 23.7 Å². The Balaban J connectivity index is 1.20. The van der Waals surface area contributed by atoms with Gasteiger partial charge >= 0.3 is 0 Å². The molecule has 1 fully saturated rings. The molecule has 6 bridgehead atoms. The van der Waals surface area contributed by atoms with Crippen LogP contribution in [-0.2, 0) is 17.9 Å². The Morgan fingerprint density at radius 3 is 2.65 bits per heavy atom. The van der Waals surface area contributed by atoms with Crippen LogP contribution in [0, 0.1) is 0 Å². The number of piperidine rings is 1. The Kier molecular flexibility index (Phi) is 8.76. The number of hydrogen-bond donors (Lipinski definition) is 2. The quantitative estimate of drug-likeness (QED) is 0.304. The zero-order chi connectivity index (χ0) is 33.0. The third kappa shape index (κ3) is 6.86. The Morgan fingerprint density at radius 1 is 0.917 bits per heavy atom. The fourth-order valence-corrected chi connectivity index (χ4v) is 6.18. The third-order valence-electron chi connectivity index (χ3n) is 8.64. The number of hydrogen-bond acceptors (Lipinski definition) is 8. The summed E-state index contributed by atoms with van der Waals surface area (Å²) in [5, 5.41) is 6.14. The number of carbonyl (C=O) groups is 2. The first kappa shape index (κ1) is 30.9. The van der Waals surface area contributed by atoms with Gasteiger partial charge in [-0.25, -0.2) is 4.98 Å². The number of nitrogens with zero attached hydrogens (tertiary/aromatic N) is 3. The lowest BCUT2D eigenvalue weighted by molar-refractivity contribution is -0.123. The van der Waals surface area contributed by atoms with Crippen molar-refractivity contribution in [2.75, 3.05) is 26.8 Å². The lowest BCUT2D eigenvalue weighted by atomic mass is 9.99. The highest BCUT2D eigenvalue weighted by molar-refractivity contribution is 5.96. The molecule has 8 rings (SSSR count). The van der Waals surface area contributed by atoms with Gasteiger partial charge in [0.15, 0.2) is 6.61 Å². The fraction of sp³-hybridized carbons (Fsp3) is 0.243. The average molecular weight is 646 g/mol. The van der Waals surface area contributed by atoms with Crippen molar-refractivity contribution < 1.29 is 23.8 Å². The number of fused-ring (bicyclic) bond motifs is 8. The molecular weight excluding hydrogens is 610 g/mol. The summed E-state index contributed by atoms with van der Waals surface area (Å²) in [4.78, 5) is 46.1. The van der Waals surface area contributed by atoms with Crippen LogP contribution in [0.4, 0.5) is 0 Å². The summed E-state index contributed by atoms with van der Waals surface area (Å²) < 4.78 is 19.4. The molecule has 3 aliphatic heterocycles. The lowest BCUT2D eigenvalue weighted by Gasteiger charge is -2.38. The van der Waals surface area contributed by atoms with Gasteiger partial charge in [0.1, 0.15) is 29.0 Å². The van der Waals surface area contributed by atoms with E-state index in [2.05, 4.69) is 15.5 Å². The van der Waals surface area contributed by atoms with Crippen LogP contribution in [0.3, 0.4) is 0 Å². The number of carbonyl (C=O) groups excluding carboxylic acids is 2. The molecule has 0 unspecified atom stereocenters. The van der Waals surface area contributed by atoms with E-state index < -0.39 is 0 Å². The van der Waals surface area contributed by atoms with E-state index in [1.165, 1.54) is 4.40 Å². The Bertz CT molecular complexity index is 2030. The highest BCUT2D eigenvalue weighted by atomic mass is 16.5. The molecule has 5 aromatic rings. The molecule has 0 saturated carbocycles. The second kappa shape index (κ2) is 13.6. The second-order valence-corrected chi connectivity index (χ2v) is 11.9. The van der Waals surface area contributed by atoms with E-state index in [9.17, 15) is 14.4 Å². The van der Waals surface area contributed by atoms with E-state index in [4.69, 9.17) is 19.2 Å². The molecule has 2 aromatic heterocycles. The highest BCUT2D eigenvalue weighted by Crippen LogP contribution is 2.33. The van der Waals surface area contributed by atoms with Crippen LogP contribution < -0.4 is 30.4 Å². The van der Waals surface area contributed by atoms with Crippen LogP contribution in [0.25, 0.3) is 16.8 Å². The van der Waals surface area contributed by atoms with Gasteiger partial charge in [-0.15, -0.1) is 0 Å². The van der Waals surface area contributed by atoms with Gasteiger partial charge in [0, 0.05) is 49.6 Å². The predicted molar refractivity (Wildman–Crippen MR) is 179 cm³/mol. The normalized spacial score (nSPS) is 18.5. The van der Waals surface area contributed by atoms with Crippen molar-refractivity contribution in [1.29, 1.82) is 0 Å². The molecule has 5 heterocycles. The summed E-state index contributed by atoms with van der Waals surface area (Å²) >= 11 is 0. The second-order valence-electron chi connectivity index (χ2n) is 11.9. The summed E-state index contributed by atoms with van der Waals surface area (Å²) in [5.74, 6) is 1.27. The highest BCUT2D eigenvalue weighted by Gasteiger charge is 2.33. The number of ether oxygens (including phenoxy) is 3. The maximum Gasteiger partial charge on any atom is 0.258 e. The summed E-state index contributed by atoms with van der Waals surface area (Å²) in [6.45, 7) is 1.82. The van der Waals surface area contributed by atoms with Crippen LogP contribution in [-0.4, -0.2) is 65.1 Å². The molecule has 48 heavy (non-hydrogen) atoms. The van der Waals surface area contributed by atoms with Gasteiger partial charge in [-0.1, -0.05) is 30.3 Å². The van der Waals surface area contributed by atoms with E-state index >= 15 is 0 Å². The molecule has 11 heteroatoms. The van der Waals surface area contributed by atoms with Gasteiger partial charge in [0.2, 0.25) is 0 Å². The van der Waals surface area contributed by atoms with Crippen LogP contribution in [0.15, 0.2) is 102 Å². The fourth-order valence-electron chi connectivity index (χ4n) is 6.18. The van der Waals surface area contributed by atoms with Crippen molar-refractivity contribution in [3.05, 3.63) is 124 Å². The van der Waals surface area contributed by atoms with E-state index in [0.29, 0.717) is 72.3 Å². The third-order valence-corrected chi connectivity index (χ3v) is 8.64. The molecule has 0 aliphatic carbocycles. The van der Waals surface area contributed by atoms with Crippen molar-refractivity contribution in [2.45, 2.75) is 31.7 Å². The number of methoxy groups -OCH3 is 1. The molecule has 11 nitrogen and oxygen atoms in total.